The van der Waals surface area contributed by atoms with Crippen LogP contribution in [0.15, 0.2) is 33.8 Å². The highest BCUT2D eigenvalue weighted by Crippen LogP contribution is 2.28. The number of hydrogen-bond acceptors (Lipinski definition) is 5. The predicted octanol–water partition coefficient (Wildman–Crippen LogP) is 1.39. The molecule has 0 radical (unpaired) electrons. The molecule has 112 valence electrons. The van der Waals surface area contributed by atoms with E-state index in [9.17, 15) is 9.90 Å². The highest BCUT2D eigenvalue weighted by atomic mass is 32.2. The van der Waals surface area contributed by atoms with Crippen LogP contribution in [0.4, 0.5) is 5.69 Å². The van der Waals surface area contributed by atoms with Gasteiger partial charge in [0.15, 0.2) is 13.0 Å². The Morgan fingerprint density at radius 2 is 2.24 bits per heavy atom. The number of benzene rings is 1. The summed E-state index contributed by atoms with van der Waals surface area (Å²) in [5.41, 5.74) is 1.77. The molecule has 1 aromatic carbocycles. The lowest BCUT2D eigenvalue weighted by Gasteiger charge is -2.14. The number of anilines is 1. The SMILES string of the molecule is CCC(Sc1c([O-])on[n+]1C)C(=O)Nc1ccccc1C. The van der Waals surface area contributed by atoms with Gasteiger partial charge in [-0.2, -0.15) is 0 Å². The van der Waals surface area contributed by atoms with Gasteiger partial charge in [0.2, 0.25) is 5.91 Å². The third-order valence-electron chi connectivity index (χ3n) is 3.03. The topological polar surface area (TPSA) is 82.1 Å². The van der Waals surface area contributed by atoms with Gasteiger partial charge in [0.1, 0.15) is 0 Å². The Hall–Kier alpha value is -2.02. The Morgan fingerprint density at radius 3 is 2.81 bits per heavy atom. The summed E-state index contributed by atoms with van der Waals surface area (Å²) in [4.78, 5) is 12.4. The van der Waals surface area contributed by atoms with E-state index >= 15 is 0 Å². The van der Waals surface area contributed by atoms with Crippen LogP contribution in [-0.2, 0) is 11.8 Å². The fraction of sp³-hybridized carbons (Fsp3) is 0.357. The fourth-order valence-electron chi connectivity index (χ4n) is 1.81. The van der Waals surface area contributed by atoms with Gasteiger partial charge in [-0.1, -0.05) is 29.8 Å². The van der Waals surface area contributed by atoms with Crippen LogP contribution in [-0.4, -0.2) is 16.4 Å². The minimum absolute atomic E-state index is 0.141. The van der Waals surface area contributed by atoms with Crippen LogP contribution in [0.3, 0.4) is 0 Å². The molecule has 0 saturated heterocycles. The van der Waals surface area contributed by atoms with Crippen LogP contribution >= 0.6 is 11.8 Å². The molecule has 0 spiro atoms. The van der Waals surface area contributed by atoms with Crippen molar-refractivity contribution in [2.45, 2.75) is 30.5 Å². The molecule has 0 aliphatic carbocycles. The molecule has 1 heterocycles. The monoisotopic (exact) mass is 307 g/mol. The van der Waals surface area contributed by atoms with E-state index < -0.39 is 5.95 Å². The van der Waals surface area contributed by atoms with Gasteiger partial charge in [-0.05, 0) is 36.7 Å². The van der Waals surface area contributed by atoms with Crippen molar-refractivity contribution in [2.75, 3.05) is 5.32 Å². The number of nitrogens with one attached hydrogen (secondary N) is 1. The van der Waals surface area contributed by atoms with Crippen LogP contribution in [0.2, 0.25) is 0 Å². The first-order chi connectivity index (χ1) is 10.0. The Kier molecular flexibility index (Phi) is 4.85. The van der Waals surface area contributed by atoms with Gasteiger partial charge in [-0.3, -0.25) is 4.79 Å². The van der Waals surface area contributed by atoms with Gasteiger partial charge in [-0.25, -0.2) is 0 Å². The molecule has 0 bridgehead atoms. The molecule has 1 amide bonds. The van der Waals surface area contributed by atoms with E-state index in [4.69, 9.17) is 0 Å². The summed E-state index contributed by atoms with van der Waals surface area (Å²) in [6.07, 6.45) is 0.590. The summed E-state index contributed by atoms with van der Waals surface area (Å²) in [6, 6.07) is 7.56. The lowest BCUT2D eigenvalue weighted by atomic mass is 10.2. The number of carbonyl (C=O) groups excluding carboxylic acids is 1. The van der Waals surface area contributed by atoms with E-state index in [1.54, 1.807) is 7.05 Å². The molecular formula is C14H17N3O3S. The Balaban J connectivity index is 2.11. The molecule has 0 aliphatic rings. The van der Waals surface area contributed by atoms with Gasteiger partial charge in [-0.15, -0.1) is 0 Å². The third kappa shape index (κ3) is 3.55. The molecule has 1 aromatic heterocycles. The minimum Gasteiger partial charge on any atom is -0.538 e. The standard InChI is InChI=1S/C14H17N3O3S/c1-4-11(21-13-14(19)20-16-17(13)3)12(18)15-10-8-6-5-7-9(10)2/h5-8,11H,4H2,1-3H3,(H-,15,16,18,19). The summed E-state index contributed by atoms with van der Waals surface area (Å²) >= 11 is 1.16. The second kappa shape index (κ2) is 6.62. The zero-order valence-electron chi connectivity index (χ0n) is 12.1. The van der Waals surface area contributed by atoms with E-state index in [0.717, 1.165) is 23.0 Å². The van der Waals surface area contributed by atoms with E-state index in [1.165, 1.54) is 4.68 Å². The largest absolute Gasteiger partial charge is 0.538 e. The maximum atomic E-state index is 12.4. The third-order valence-corrected chi connectivity index (χ3v) is 4.52. The van der Waals surface area contributed by atoms with Crippen LogP contribution in [0.25, 0.3) is 0 Å². The quantitative estimate of drug-likeness (QED) is 0.667. The van der Waals surface area contributed by atoms with Gasteiger partial charge < -0.3 is 14.9 Å². The highest BCUT2D eigenvalue weighted by Gasteiger charge is 2.25. The molecule has 2 rings (SSSR count). The summed E-state index contributed by atoms with van der Waals surface area (Å²) in [5, 5.41) is 17.9. The van der Waals surface area contributed by atoms with Crippen molar-refractivity contribution in [3.05, 3.63) is 29.8 Å². The molecule has 1 unspecified atom stereocenters. The highest BCUT2D eigenvalue weighted by molar-refractivity contribution is 8.00. The van der Waals surface area contributed by atoms with Gasteiger partial charge in [0, 0.05) is 5.69 Å². The zero-order valence-corrected chi connectivity index (χ0v) is 12.9. The number of aryl methyl sites for hydroxylation is 2. The molecule has 6 nitrogen and oxygen atoms in total. The van der Waals surface area contributed by atoms with E-state index in [2.05, 4.69) is 15.1 Å². The molecule has 0 saturated carbocycles. The normalized spacial score (nSPS) is 12.1. The van der Waals surface area contributed by atoms with Crippen LogP contribution < -0.4 is 15.1 Å². The van der Waals surface area contributed by atoms with Crippen molar-refractivity contribution in [3.63, 3.8) is 0 Å². The Labute approximate surface area is 127 Å². The summed E-state index contributed by atoms with van der Waals surface area (Å²) in [5.74, 6) is -0.665. The summed E-state index contributed by atoms with van der Waals surface area (Å²) in [7, 11) is 1.61. The molecule has 21 heavy (non-hydrogen) atoms. The van der Waals surface area contributed by atoms with E-state index in [-0.39, 0.29) is 11.2 Å². The smallest absolute Gasteiger partial charge is 0.291 e. The number of rotatable bonds is 5. The zero-order chi connectivity index (χ0) is 15.4. The number of nitrogens with zero attached hydrogens (tertiary/aromatic N) is 2. The Bertz CT molecular complexity index is 623. The fourth-order valence-corrected chi connectivity index (χ4v) is 2.74. The number of para-hydroxylation sites is 1. The van der Waals surface area contributed by atoms with Crippen molar-refractivity contribution in [1.29, 1.82) is 0 Å². The van der Waals surface area contributed by atoms with Crippen molar-refractivity contribution in [1.82, 2.24) is 5.27 Å². The molecular weight excluding hydrogens is 290 g/mol. The number of aromatic nitrogens is 2. The lowest BCUT2D eigenvalue weighted by Crippen LogP contribution is -2.34. The minimum atomic E-state index is -0.523. The van der Waals surface area contributed by atoms with Crippen molar-refractivity contribution in [2.24, 2.45) is 7.05 Å². The van der Waals surface area contributed by atoms with E-state index in [1.807, 2.05) is 38.1 Å². The molecule has 0 aliphatic heterocycles. The second-order valence-corrected chi connectivity index (χ2v) is 5.80. The van der Waals surface area contributed by atoms with Crippen molar-refractivity contribution < 1.29 is 19.1 Å². The lowest BCUT2D eigenvalue weighted by molar-refractivity contribution is -0.772. The Morgan fingerprint density at radius 1 is 1.52 bits per heavy atom. The molecule has 1 N–H and O–H groups in total. The first-order valence-electron chi connectivity index (χ1n) is 6.59. The number of amides is 1. The van der Waals surface area contributed by atoms with Gasteiger partial charge in [0.05, 0.1) is 10.5 Å². The molecule has 7 heteroatoms. The first kappa shape index (κ1) is 15.4. The molecule has 0 fully saturated rings. The van der Waals surface area contributed by atoms with Crippen LogP contribution in [0, 0.1) is 6.92 Å². The van der Waals surface area contributed by atoms with Gasteiger partial charge >= 0.3 is 0 Å². The van der Waals surface area contributed by atoms with Crippen LogP contribution in [0.5, 0.6) is 5.95 Å². The first-order valence-corrected chi connectivity index (χ1v) is 7.47. The summed E-state index contributed by atoms with van der Waals surface area (Å²) in [6.45, 7) is 3.83. The van der Waals surface area contributed by atoms with Gasteiger partial charge in [0.25, 0.3) is 5.03 Å². The average molecular weight is 307 g/mol. The maximum Gasteiger partial charge on any atom is 0.291 e. The number of thioether (sulfide) groups is 1. The molecule has 1 atom stereocenters. The number of carbonyl (C=O) groups is 1. The summed E-state index contributed by atoms with van der Waals surface area (Å²) < 4.78 is 5.91. The molecule has 2 aromatic rings. The van der Waals surface area contributed by atoms with E-state index in [0.29, 0.717) is 11.4 Å². The second-order valence-electron chi connectivity index (χ2n) is 4.61. The van der Waals surface area contributed by atoms with Crippen LogP contribution in [0.1, 0.15) is 18.9 Å². The maximum absolute atomic E-state index is 12.4. The van der Waals surface area contributed by atoms with Crippen molar-refractivity contribution >= 4 is 23.4 Å². The predicted molar refractivity (Wildman–Crippen MR) is 76.9 cm³/mol. The average Bonchev–Trinajstić information content (AvgIpc) is 2.78. The van der Waals surface area contributed by atoms with Crippen molar-refractivity contribution in [3.8, 4) is 5.95 Å². The number of hydrogen-bond donors (Lipinski definition) is 1.